The van der Waals surface area contributed by atoms with Gasteiger partial charge in [0.15, 0.2) is 0 Å². The lowest BCUT2D eigenvalue weighted by molar-refractivity contribution is -0.140. The summed E-state index contributed by atoms with van der Waals surface area (Å²) in [4.78, 5) is 28.1. The number of carbonyl (C=O) groups is 2. The van der Waals surface area contributed by atoms with Gasteiger partial charge in [0, 0.05) is 24.9 Å². The molecule has 0 spiro atoms. The number of hydrogen-bond acceptors (Lipinski definition) is 6. The van der Waals surface area contributed by atoms with E-state index in [1.165, 1.54) is 0 Å². The molecule has 0 bridgehead atoms. The molecule has 1 fully saturated rings. The number of hydrogen-bond donors (Lipinski definition) is 3. The highest BCUT2D eigenvalue weighted by molar-refractivity contribution is 7.98. The normalized spacial score (nSPS) is 19.0. The Bertz CT molecular complexity index is 620. The molecule has 0 aromatic heterocycles. The van der Waals surface area contributed by atoms with E-state index in [4.69, 9.17) is 10.5 Å². The average molecular weight is 486 g/mol. The standard InChI is InChI=1S/C24H43N3O3S2/c1-17(2)19(6-8-20(25)16-31)7-9-21(18(3)4)23(28)26-22(10-15-32-5)24(29)27-11-13-30-14-12-27/h6-9,17-22,31H,10-16,25H2,1-5H3,(H,26,28)/b8-6+,9-7+/t19-,20?,21?,22?/m1/s1. The van der Waals surface area contributed by atoms with Gasteiger partial charge < -0.3 is 20.7 Å². The van der Waals surface area contributed by atoms with E-state index in [1.807, 2.05) is 32.3 Å². The number of allylic oxidation sites excluding steroid dienone is 2. The maximum absolute atomic E-state index is 13.2. The maximum Gasteiger partial charge on any atom is 0.245 e. The first-order chi connectivity index (χ1) is 15.2. The zero-order valence-electron chi connectivity index (χ0n) is 20.3. The van der Waals surface area contributed by atoms with Crippen LogP contribution in [0.4, 0.5) is 0 Å². The number of nitrogens with zero attached hydrogens (tertiary/aromatic N) is 1. The number of amides is 2. The van der Waals surface area contributed by atoms with Crippen LogP contribution in [0.2, 0.25) is 0 Å². The van der Waals surface area contributed by atoms with E-state index in [2.05, 4.69) is 43.9 Å². The van der Waals surface area contributed by atoms with Gasteiger partial charge in [-0.1, -0.05) is 52.0 Å². The second-order valence-electron chi connectivity index (χ2n) is 8.99. The Labute approximate surface area is 204 Å². The number of ether oxygens (including phenoxy) is 1. The summed E-state index contributed by atoms with van der Waals surface area (Å²) < 4.78 is 5.36. The molecule has 0 aliphatic carbocycles. The highest BCUT2D eigenvalue weighted by Crippen LogP contribution is 2.20. The Morgan fingerprint density at radius 2 is 1.72 bits per heavy atom. The topological polar surface area (TPSA) is 84.7 Å². The number of thiol groups is 1. The van der Waals surface area contributed by atoms with E-state index in [0.717, 1.165) is 5.75 Å². The molecule has 8 heteroatoms. The lowest BCUT2D eigenvalue weighted by Crippen LogP contribution is -2.53. The summed E-state index contributed by atoms with van der Waals surface area (Å²) in [5.74, 6) is 1.67. The van der Waals surface area contributed by atoms with Crippen molar-refractivity contribution in [3.63, 3.8) is 0 Å². The summed E-state index contributed by atoms with van der Waals surface area (Å²) in [5.41, 5.74) is 5.96. The Kier molecular flexibility index (Phi) is 14.4. The lowest BCUT2D eigenvalue weighted by atomic mass is 9.89. The van der Waals surface area contributed by atoms with Crippen molar-refractivity contribution in [2.75, 3.05) is 44.1 Å². The number of carbonyl (C=O) groups excluding carboxylic acids is 2. The first-order valence-electron chi connectivity index (χ1n) is 11.6. The van der Waals surface area contributed by atoms with Crippen LogP contribution >= 0.6 is 24.4 Å². The summed E-state index contributed by atoms with van der Waals surface area (Å²) in [5, 5.41) is 3.06. The molecule has 1 aliphatic heterocycles. The van der Waals surface area contributed by atoms with Crippen LogP contribution in [0.15, 0.2) is 24.3 Å². The highest BCUT2D eigenvalue weighted by Gasteiger charge is 2.29. The average Bonchev–Trinajstić information content (AvgIpc) is 2.77. The van der Waals surface area contributed by atoms with Crippen molar-refractivity contribution in [3.05, 3.63) is 24.3 Å². The minimum absolute atomic E-state index is 0.00841. The third-order valence-corrected chi connectivity index (χ3v) is 6.74. The predicted octanol–water partition coefficient (Wildman–Crippen LogP) is 3.00. The van der Waals surface area contributed by atoms with Gasteiger partial charge in [-0.25, -0.2) is 0 Å². The van der Waals surface area contributed by atoms with Crippen molar-refractivity contribution < 1.29 is 14.3 Å². The van der Waals surface area contributed by atoms with Gasteiger partial charge >= 0.3 is 0 Å². The molecule has 6 nitrogen and oxygen atoms in total. The van der Waals surface area contributed by atoms with Gasteiger partial charge in [-0.2, -0.15) is 24.4 Å². The zero-order valence-corrected chi connectivity index (χ0v) is 22.0. The summed E-state index contributed by atoms with van der Waals surface area (Å²) in [6, 6.07) is -0.586. The van der Waals surface area contributed by atoms with Gasteiger partial charge in [-0.15, -0.1) is 0 Å². The first-order valence-corrected chi connectivity index (χ1v) is 13.6. The number of nitrogens with two attached hydrogens (primary N) is 1. The van der Waals surface area contributed by atoms with Crippen LogP contribution in [-0.4, -0.2) is 72.9 Å². The molecule has 1 saturated heterocycles. The van der Waals surface area contributed by atoms with Gasteiger partial charge in [0.25, 0.3) is 0 Å². The molecule has 3 unspecified atom stereocenters. The molecule has 184 valence electrons. The summed E-state index contributed by atoms with van der Waals surface area (Å²) in [7, 11) is 0. The van der Waals surface area contributed by atoms with Crippen LogP contribution in [0.5, 0.6) is 0 Å². The number of rotatable bonds is 13. The molecule has 2 amide bonds. The fourth-order valence-electron chi connectivity index (χ4n) is 3.47. The van der Waals surface area contributed by atoms with Crippen molar-refractivity contribution in [2.24, 2.45) is 29.4 Å². The molecule has 32 heavy (non-hydrogen) atoms. The zero-order chi connectivity index (χ0) is 24.1. The van der Waals surface area contributed by atoms with Crippen LogP contribution in [0, 0.1) is 23.7 Å². The molecule has 0 radical (unpaired) electrons. The van der Waals surface area contributed by atoms with Gasteiger partial charge in [0.2, 0.25) is 11.8 Å². The van der Waals surface area contributed by atoms with E-state index < -0.39 is 6.04 Å². The van der Waals surface area contributed by atoms with Crippen molar-refractivity contribution in [1.82, 2.24) is 10.2 Å². The van der Waals surface area contributed by atoms with Crippen molar-refractivity contribution in [2.45, 2.75) is 46.2 Å². The summed E-state index contributed by atoms with van der Waals surface area (Å²) >= 11 is 5.91. The molecule has 0 saturated carbocycles. The second kappa shape index (κ2) is 15.8. The third-order valence-electron chi connectivity index (χ3n) is 5.67. The van der Waals surface area contributed by atoms with Crippen molar-refractivity contribution in [3.8, 4) is 0 Å². The van der Waals surface area contributed by atoms with E-state index in [9.17, 15) is 9.59 Å². The van der Waals surface area contributed by atoms with Crippen LogP contribution in [0.3, 0.4) is 0 Å². The maximum atomic E-state index is 13.2. The Morgan fingerprint density at radius 3 is 2.25 bits per heavy atom. The fraction of sp³-hybridized carbons (Fsp3) is 0.750. The lowest BCUT2D eigenvalue weighted by Gasteiger charge is -2.31. The molecule has 3 N–H and O–H groups in total. The molecule has 1 rings (SSSR count). The van der Waals surface area contributed by atoms with Gasteiger partial charge in [0.05, 0.1) is 19.1 Å². The number of thioether (sulfide) groups is 1. The molecular weight excluding hydrogens is 442 g/mol. The van der Waals surface area contributed by atoms with Crippen LogP contribution in [0.1, 0.15) is 34.1 Å². The van der Waals surface area contributed by atoms with Crippen molar-refractivity contribution >= 4 is 36.2 Å². The molecular formula is C24H43N3O3S2. The van der Waals surface area contributed by atoms with E-state index in [-0.39, 0.29) is 35.6 Å². The van der Waals surface area contributed by atoms with E-state index in [1.54, 1.807) is 16.7 Å². The number of nitrogens with one attached hydrogen (secondary N) is 1. The smallest absolute Gasteiger partial charge is 0.245 e. The van der Waals surface area contributed by atoms with Gasteiger partial charge in [-0.05, 0) is 36.2 Å². The molecule has 1 heterocycles. The van der Waals surface area contributed by atoms with Gasteiger partial charge in [0.1, 0.15) is 6.04 Å². The second-order valence-corrected chi connectivity index (χ2v) is 10.3. The highest BCUT2D eigenvalue weighted by atomic mass is 32.2. The first kappa shape index (κ1) is 29.1. The quantitative estimate of drug-likeness (QED) is 0.276. The summed E-state index contributed by atoms with van der Waals surface area (Å²) in [6.45, 7) is 10.6. The fourth-order valence-corrected chi connectivity index (χ4v) is 4.06. The SMILES string of the molecule is CSCCC(NC(=O)C(/C=C/[C@@H](/C=C/C(N)CS)C(C)C)C(C)C)C(=O)N1CCOCC1. The Morgan fingerprint density at radius 1 is 1.09 bits per heavy atom. The Balaban J connectivity index is 2.93. The monoisotopic (exact) mass is 485 g/mol. The van der Waals surface area contributed by atoms with Gasteiger partial charge in [-0.3, -0.25) is 9.59 Å². The van der Waals surface area contributed by atoms with E-state index >= 15 is 0 Å². The third kappa shape index (κ3) is 10.3. The van der Waals surface area contributed by atoms with Crippen LogP contribution < -0.4 is 11.1 Å². The molecule has 0 aromatic carbocycles. The van der Waals surface area contributed by atoms with Crippen molar-refractivity contribution in [1.29, 1.82) is 0 Å². The van der Waals surface area contributed by atoms with E-state index in [0.29, 0.717) is 44.4 Å². The van der Waals surface area contributed by atoms with Crippen LogP contribution in [-0.2, 0) is 14.3 Å². The van der Waals surface area contributed by atoms with Crippen LogP contribution in [0.25, 0.3) is 0 Å². The molecule has 4 atom stereocenters. The molecule has 1 aliphatic rings. The minimum atomic E-state index is -0.503. The largest absolute Gasteiger partial charge is 0.378 e. The summed E-state index contributed by atoms with van der Waals surface area (Å²) in [6.07, 6.45) is 10.8. The predicted molar refractivity (Wildman–Crippen MR) is 139 cm³/mol. The number of morpholine rings is 1. The molecule has 0 aromatic rings. The Hall–Kier alpha value is -0.960. The minimum Gasteiger partial charge on any atom is -0.378 e.